The molecule has 0 saturated heterocycles. The maximum Gasteiger partial charge on any atom is 0.271 e. The first-order valence-corrected chi connectivity index (χ1v) is 5.95. The minimum atomic E-state index is -0.325. The zero-order valence-electron chi connectivity index (χ0n) is 9.24. The first-order valence-electron chi connectivity index (χ1n) is 5.16. The number of aromatic amines is 1. The maximum atomic E-state index is 11.7. The molecule has 2 rings (SSSR count). The number of benzene rings is 1. The average molecular weight is 308 g/mol. The lowest BCUT2D eigenvalue weighted by atomic mass is 10.3. The van der Waals surface area contributed by atoms with Crippen LogP contribution in [0, 0.1) is 0 Å². The molecule has 0 bridgehead atoms. The van der Waals surface area contributed by atoms with Gasteiger partial charge in [-0.2, -0.15) is 0 Å². The zero-order chi connectivity index (χ0) is 13.0. The lowest BCUT2D eigenvalue weighted by Crippen LogP contribution is -2.29. The minimum Gasteiger partial charge on any atom is -0.328 e. The number of amides is 1. The van der Waals surface area contributed by atoms with E-state index in [0.29, 0.717) is 5.56 Å². The summed E-state index contributed by atoms with van der Waals surface area (Å²) in [6, 6.07) is 10.1. The van der Waals surface area contributed by atoms with Gasteiger partial charge in [0.2, 0.25) is 5.56 Å². The van der Waals surface area contributed by atoms with E-state index >= 15 is 0 Å². The van der Waals surface area contributed by atoms with Crippen LogP contribution in [0.4, 0.5) is 5.69 Å². The number of hydrogen-bond acceptors (Lipinski definition) is 3. The van der Waals surface area contributed by atoms with Crippen LogP contribution in [-0.2, 0) is 0 Å². The van der Waals surface area contributed by atoms with E-state index in [0.717, 1.165) is 10.2 Å². The SMILES string of the molecule is O=C(NNc1ccc(Br)cc1)c1ccc(=O)[nH]c1. The molecule has 0 aliphatic rings. The Labute approximate surface area is 111 Å². The molecule has 18 heavy (non-hydrogen) atoms. The standard InChI is InChI=1S/C12H10BrN3O2/c13-9-2-4-10(5-3-9)15-16-12(18)8-1-6-11(17)14-7-8/h1-7,15H,(H,14,17)(H,16,18). The summed E-state index contributed by atoms with van der Waals surface area (Å²) in [7, 11) is 0. The van der Waals surface area contributed by atoms with Gasteiger partial charge in [0.05, 0.1) is 11.3 Å². The highest BCUT2D eigenvalue weighted by Gasteiger charge is 2.04. The summed E-state index contributed by atoms with van der Waals surface area (Å²) in [5, 5.41) is 0. The van der Waals surface area contributed by atoms with Crippen molar-refractivity contribution in [2.75, 3.05) is 5.43 Å². The van der Waals surface area contributed by atoms with Crippen LogP contribution in [0.3, 0.4) is 0 Å². The van der Waals surface area contributed by atoms with Crippen molar-refractivity contribution in [3.63, 3.8) is 0 Å². The first-order chi connectivity index (χ1) is 8.65. The van der Waals surface area contributed by atoms with Gasteiger partial charge in [0.25, 0.3) is 5.91 Å². The Morgan fingerprint density at radius 2 is 1.83 bits per heavy atom. The number of anilines is 1. The Balaban J connectivity index is 1.98. The summed E-state index contributed by atoms with van der Waals surface area (Å²) in [4.78, 5) is 25.0. The maximum absolute atomic E-state index is 11.7. The quantitative estimate of drug-likeness (QED) is 0.758. The minimum absolute atomic E-state index is 0.243. The van der Waals surface area contributed by atoms with Gasteiger partial charge < -0.3 is 4.98 Å². The van der Waals surface area contributed by atoms with Crippen LogP contribution < -0.4 is 16.4 Å². The fourth-order valence-corrected chi connectivity index (χ4v) is 1.55. The molecule has 0 radical (unpaired) electrons. The predicted octanol–water partition coefficient (Wildman–Crippen LogP) is 1.89. The van der Waals surface area contributed by atoms with Crippen molar-refractivity contribution >= 4 is 27.5 Å². The molecule has 0 fully saturated rings. The number of halogens is 1. The summed E-state index contributed by atoms with van der Waals surface area (Å²) in [6.07, 6.45) is 1.36. The van der Waals surface area contributed by atoms with E-state index < -0.39 is 0 Å². The monoisotopic (exact) mass is 307 g/mol. The molecule has 0 unspecified atom stereocenters. The Hall–Kier alpha value is -2.08. The second-order valence-electron chi connectivity index (χ2n) is 3.53. The Morgan fingerprint density at radius 3 is 2.44 bits per heavy atom. The molecule has 0 saturated carbocycles. The van der Waals surface area contributed by atoms with Gasteiger partial charge in [0, 0.05) is 16.7 Å². The highest BCUT2D eigenvalue weighted by Crippen LogP contribution is 2.13. The second-order valence-corrected chi connectivity index (χ2v) is 4.44. The zero-order valence-corrected chi connectivity index (χ0v) is 10.8. The largest absolute Gasteiger partial charge is 0.328 e. The third-order valence-electron chi connectivity index (χ3n) is 2.21. The van der Waals surface area contributed by atoms with Gasteiger partial charge >= 0.3 is 0 Å². The molecule has 0 atom stereocenters. The highest BCUT2D eigenvalue weighted by molar-refractivity contribution is 9.10. The van der Waals surface area contributed by atoms with Crippen molar-refractivity contribution in [2.24, 2.45) is 0 Å². The Bertz CT molecular complexity index is 587. The smallest absolute Gasteiger partial charge is 0.271 e. The fourth-order valence-electron chi connectivity index (χ4n) is 1.29. The molecule has 1 heterocycles. The molecule has 1 aromatic heterocycles. The summed E-state index contributed by atoms with van der Waals surface area (Å²) in [5.41, 5.74) is 6.19. The molecule has 1 aromatic carbocycles. The number of H-pyrrole nitrogens is 1. The van der Waals surface area contributed by atoms with Crippen molar-refractivity contribution in [1.29, 1.82) is 0 Å². The van der Waals surface area contributed by atoms with Crippen LogP contribution in [0.5, 0.6) is 0 Å². The fraction of sp³-hybridized carbons (Fsp3) is 0. The molecule has 6 heteroatoms. The normalized spacial score (nSPS) is 9.83. The van der Waals surface area contributed by atoms with Crippen molar-refractivity contribution in [3.05, 3.63) is 63.0 Å². The van der Waals surface area contributed by atoms with Crippen LogP contribution in [0.2, 0.25) is 0 Å². The van der Waals surface area contributed by atoms with Crippen molar-refractivity contribution in [2.45, 2.75) is 0 Å². The highest BCUT2D eigenvalue weighted by atomic mass is 79.9. The molecular weight excluding hydrogens is 298 g/mol. The average Bonchev–Trinajstić information content (AvgIpc) is 2.38. The Morgan fingerprint density at radius 1 is 1.11 bits per heavy atom. The van der Waals surface area contributed by atoms with Crippen molar-refractivity contribution in [1.82, 2.24) is 10.4 Å². The van der Waals surface area contributed by atoms with E-state index in [4.69, 9.17) is 0 Å². The van der Waals surface area contributed by atoms with Crippen LogP contribution >= 0.6 is 15.9 Å². The first kappa shape index (κ1) is 12.4. The predicted molar refractivity (Wildman–Crippen MR) is 72.3 cm³/mol. The van der Waals surface area contributed by atoms with E-state index in [1.54, 1.807) is 0 Å². The molecular formula is C12H10BrN3O2. The number of carbonyl (C=O) groups excluding carboxylic acids is 1. The summed E-state index contributed by atoms with van der Waals surface area (Å²) < 4.78 is 0.958. The third kappa shape index (κ3) is 3.21. The number of hydrazine groups is 1. The number of pyridine rings is 1. The van der Waals surface area contributed by atoms with Crippen LogP contribution in [-0.4, -0.2) is 10.9 Å². The Kier molecular flexibility index (Phi) is 3.78. The van der Waals surface area contributed by atoms with Gasteiger partial charge in [-0.1, -0.05) is 15.9 Å². The van der Waals surface area contributed by atoms with Crippen molar-refractivity contribution < 1.29 is 4.79 Å². The van der Waals surface area contributed by atoms with E-state index in [-0.39, 0.29) is 11.5 Å². The number of nitrogens with one attached hydrogen (secondary N) is 3. The van der Waals surface area contributed by atoms with Crippen LogP contribution in [0.15, 0.2) is 51.9 Å². The summed E-state index contributed by atoms with van der Waals surface area (Å²) in [5.74, 6) is -0.325. The van der Waals surface area contributed by atoms with Crippen LogP contribution in [0.1, 0.15) is 10.4 Å². The molecule has 92 valence electrons. The second kappa shape index (κ2) is 5.50. The van der Waals surface area contributed by atoms with Crippen LogP contribution in [0.25, 0.3) is 0 Å². The van der Waals surface area contributed by atoms with Crippen molar-refractivity contribution in [3.8, 4) is 0 Å². The van der Waals surface area contributed by atoms with Gasteiger partial charge in [-0.15, -0.1) is 0 Å². The number of hydrogen-bond donors (Lipinski definition) is 3. The molecule has 3 N–H and O–H groups in total. The third-order valence-corrected chi connectivity index (χ3v) is 2.74. The molecule has 0 spiro atoms. The van der Waals surface area contributed by atoms with Gasteiger partial charge in [-0.3, -0.25) is 20.4 Å². The van der Waals surface area contributed by atoms with Gasteiger partial charge in [-0.05, 0) is 30.3 Å². The molecule has 5 nitrogen and oxygen atoms in total. The van der Waals surface area contributed by atoms with Gasteiger partial charge in [0.15, 0.2) is 0 Å². The van der Waals surface area contributed by atoms with Gasteiger partial charge in [0.1, 0.15) is 0 Å². The lowest BCUT2D eigenvalue weighted by Gasteiger charge is -2.08. The topological polar surface area (TPSA) is 74.0 Å². The number of carbonyl (C=O) groups is 1. The summed E-state index contributed by atoms with van der Waals surface area (Å²) in [6.45, 7) is 0. The summed E-state index contributed by atoms with van der Waals surface area (Å²) >= 11 is 3.32. The van der Waals surface area contributed by atoms with E-state index in [2.05, 4.69) is 31.8 Å². The van der Waals surface area contributed by atoms with E-state index in [1.165, 1.54) is 18.3 Å². The van der Waals surface area contributed by atoms with E-state index in [1.807, 2.05) is 24.3 Å². The molecule has 1 amide bonds. The lowest BCUT2D eigenvalue weighted by molar-refractivity contribution is 0.0962. The molecule has 0 aliphatic heterocycles. The molecule has 0 aliphatic carbocycles. The molecule has 2 aromatic rings. The number of aromatic nitrogens is 1. The number of rotatable bonds is 3. The van der Waals surface area contributed by atoms with Gasteiger partial charge in [-0.25, -0.2) is 0 Å². The van der Waals surface area contributed by atoms with E-state index in [9.17, 15) is 9.59 Å².